The molecule has 0 saturated heterocycles. The first-order valence-electron chi connectivity index (χ1n) is 9.33. The molecule has 6 nitrogen and oxygen atoms in total. The summed E-state index contributed by atoms with van der Waals surface area (Å²) in [4.78, 5) is 18.8. The molecule has 0 bridgehead atoms. The van der Waals surface area contributed by atoms with E-state index in [0.29, 0.717) is 30.1 Å². The molecule has 4 rings (SSSR count). The number of aromatic nitrogens is 3. The molecule has 9 heteroatoms. The van der Waals surface area contributed by atoms with E-state index in [9.17, 15) is 18.0 Å². The summed E-state index contributed by atoms with van der Waals surface area (Å²) in [5.41, 5.74) is 2.40. The second-order valence-corrected chi connectivity index (χ2v) is 7.10. The van der Waals surface area contributed by atoms with Crippen molar-refractivity contribution in [2.75, 3.05) is 13.7 Å². The van der Waals surface area contributed by atoms with Crippen LogP contribution in [0.3, 0.4) is 0 Å². The van der Waals surface area contributed by atoms with E-state index in [0.717, 1.165) is 17.7 Å². The summed E-state index contributed by atoms with van der Waals surface area (Å²) in [5, 5.41) is 4.49. The number of rotatable bonds is 3. The average Bonchev–Trinajstić information content (AvgIpc) is 3.08. The summed E-state index contributed by atoms with van der Waals surface area (Å²) in [6, 6.07) is 4.80. The van der Waals surface area contributed by atoms with Gasteiger partial charge in [0.2, 0.25) is 0 Å². The van der Waals surface area contributed by atoms with E-state index in [4.69, 9.17) is 4.74 Å². The third-order valence-electron chi connectivity index (χ3n) is 5.35. The SMILES string of the molecule is COc1ccc(C(=O)N2CCc3c(nn(C)c3-c3cc(F)c(F)c(F)c3)[C@@H]2C)nc1. The number of hydrogen-bond acceptors (Lipinski definition) is 4. The van der Waals surface area contributed by atoms with Gasteiger partial charge in [0.1, 0.15) is 11.4 Å². The number of pyridine rings is 1. The highest BCUT2D eigenvalue weighted by Crippen LogP contribution is 2.36. The van der Waals surface area contributed by atoms with Crippen molar-refractivity contribution in [2.45, 2.75) is 19.4 Å². The van der Waals surface area contributed by atoms with Gasteiger partial charge in [-0.2, -0.15) is 5.10 Å². The average molecular weight is 416 g/mol. The summed E-state index contributed by atoms with van der Waals surface area (Å²) in [5.74, 6) is -3.72. The van der Waals surface area contributed by atoms with Crippen LogP contribution >= 0.6 is 0 Å². The predicted molar refractivity (Wildman–Crippen MR) is 102 cm³/mol. The van der Waals surface area contributed by atoms with Gasteiger partial charge in [-0.15, -0.1) is 0 Å². The van der Waals surface area contributed by atoms with Crippen molar-refractivity contribution in [1.82, 2.24) is 19.7 Å². The molecule has 30 heavy (non-hydrogen) atoms. The third kappa shape index (κ3) is 3.20. The van der Waals surface area contributed by atoms with Crippen LogP contribution < -0.4 is 4.74 Å². The van der Waals surface area contributed by atoms with Crippen molar-refractivity contribution < 1.29 is 22.7 Å². The lowest BCUT2D eigenvalue weighted by Crippen LogP contribution is -2.39. The van der Waals surface area contributed by atoms with E-state index >= 15 is 0 Å². The maximum absolute atomic E-state index is 13.8. The molecule has 0 radical (unpaired) electrons. The van der Waals surface area contributed by atoms with Crippen LogP contribution in [0.4, 0.5) is 13.2 Å². The Labute approximate surface area is 170 Å². The molecule has 0 aliphatic carbocycles. The molecule has 0 unspecified atom stereocenters. The Kier molecular flexibility index (Phi) is 4.97. The number of carbonyl (C=O) groups is 1. The Morgan fingerprint density at radius 3 is 2.50 bits per heavy atom. The predicted octanol–water partition coefficient (Wildman–Crippen LogP) is 3.67. The van der Waals surface area contributed by atoms with E-state index in [-0.39, 0.29) is 23.2 Å². The number of ether oxygens (including phenoxy) is 1. The molecule has 1 amide bonds. The maximum Gasteiger partial charge on any atom is 0.273 e. The van der Waals surface area contributed by atoms with Crippen molar-refractivity contribution in [1.29, 1.82) is 0 Å². The Hall–Kier alpha value is -3.36. The second kappa shape index (κ2) is 7.47. The molecular formula is C21H19F3N4O2. The molecule has 0 spiro atoms. The zero-order valence-corrected chi connectivity index (χ0v) is 16.6. The molecule has 3 aromatic rings. The van der Waals surface area contributed by atoms with Crippen LogP contribution in [0.2, 0.25) is 0 Å². The molecule has 0 saturated carbocycles. The first-order chi connectivity index (χ1) is 14.3. The number of aryl methyl sites for hydroxylation is 1. The maximum atomic E-state index is 13.8. The zero-order chi connectivity index (χ0) is 21.6. The molecular weight excluding hydrogens is 397 g/mol. The molecule has 1 aromatic carbocycles. The highest BCUT2D eigenvalue weighted by Gasteiger charge is 2.34. The lowest BCUT2D eigenvalue weighted by molar-refractivity contribution is 0.0667. The minimum atomic E-state index is -1.51. The summed E-state index contributed by atoms with van der Waals surface area (Å²) in [6.07, 6.45) is 1.91. The summed E-state index contributed by atoms with van der Waals surface area (Å²) in [7, 11) is 3.17. The van der Waals surface area contributed by atoms with Crippen LogP contribution in [0.25, 0.3) is 11.3 Å². The lowest BCUT2D eigenvalue weighted by Gasteiger charge is -2.32. The molecule has 2 aromatic heterocycles. The van der Waals surface area contributed by atoms with Crippen LogP contribution in [0.15, 0.2) is 30.5 Å². The first kappa shape index (κ1) is 19.9. The van der Waals surface area contributed by atoms with E-state index in [1.807, 2.05) is 6.92 Å². The first-order valence-corrected chi connectivity index (χ1v) is 9.33. The highest BCUT2D eigenvalue weighted by atomic mass is 19.2. The Bertz CT molecular complexity index is 1110. The van der Waals surface area contributed by atoms with Crippen molar-refractivity contribution in [3.8, 4) is 17.0 Å². The standard InChI is InChI=1S/C21H19F3N4O2/c1-11-19-14(6-7-28(11)21(29)17-5-4-13(30-3)10-25-17)20(27(2)26-19)12-8-15(22)18(24)16(23)9-12/h4-5,8-11H,6-7H2,1-3H3/t11-/m0/s1. The fraction of sp³-hybridized carbons (Fsp3) is 0.286. The quantitative estimate of drug-likeness (QED) is 0.612. The number of fused-ring (bicyclic) bond motifs is 1. The Balaban J connectivity index is 1.69. The monoisotopic (exact) mass is 416 g/mol. The fourth-order valence-electron chi connectivity index (χ4n) is 3.85. The molecule has 156 valence electrons. The minimum absolute atomic E-state index is 0.200. The van der Waals surface area contributed by atoms with Gasteiger partial charge in [0.15, 0.2) is 17.5 Å². The summed E-state index contributed by atoms with van der Waals surface area (Å²) < 4.78 is 47.5. The Morgan fingerprint density at radius 2 is 1.90 bits per heavy atom. The van der Waals surface area contributed by atoms with E-state index in [2.05, 4.69) is 10.1 Å². The smallest absolute Gasteiger partial charge is 0.273 e. The van der Waals surface area contributed by atoms with E-state index in [1.165, 1.54) is 18.0 Å². The van der Waals surface area contributed by atoms with Gasteiger partial charge in [-0.25, -0.2) is 18.2 Å². The van der Waals surface area contributed by atoms with Crippen molar-refractivity contribution in [3.05, 3.63) is 64.9 Å². The van der Waals surface area contributed by atoms with Crippen molar-refractivity contribution >= 4 is 5.91 Å². The largest absolute Gasteiger partial charge is 0.495 e. The van der Waals surface area contributed by atoms with Crippen LogP contribution in [0.5, 0.6) is 5.75 Å². The normalized spacial score (nSPS) is 15.8. The topological polar surface area (TPSA) is 60.2 Å². The molecule has 1 aliphatic heterocycles. The molecule has 1 atom stereocenters. The number of methoxy groups -OCH3 is 1. The number of hydrogen-bond donors (Lipinski definition) is 0. The Morgan fingerprint density at radius 1 is 1.20 bits per heavy atom. The molecule has 0 fully saturated rings. The summed E-state index contributed by atoms with van der Waals surface area (Å²) in [6.45, 7) is 2.22. The second-order valence-electron chi connectivity index (χ2n) is 7.10. The zero-order valence-electron chi connectivity index (χ0n) is 16.6. The third-order valence-corrected chi connectivity index (χ3v) is 5.35. The van der Waals surface area contributed by atoms with E-state index < -0.39 is 17.5 Å². The molecule has 1 aliphatic rings. The van der Waals surface area contributed by atoms with Crippen LogP contribution in [-0.4, -0.2) is 39.2 Å². The van der Waals surface area contributed by atoms with Gasteiger partial charge >= 0.3 is 0 Å². The number of halogens is 3. The van der Waals surface area contributed by atoms with Crippen LogP contribution in [0.1, 0.15) is 34.7 Å². The fourth-order valence-corrected chi connectivity index (χ4v) is 3.85. The van der Waals surface area contributed by atoms with Gasteiger partial charge in [0.05, 0.1) is 30.7 Å². The van der Waals surface area contributed by atoms with Crippen LogP contribution in [0, 0.1) is 17.5 Å². The van der Waals surface area contributed by atoms with Gasteiger partial charge < -0.3 is 9.64 Å². The summed E-state index contributed by atoms with van der Waals surface area (Å²) >= 11 is 0. The minimum Gasteiger partial charge on any atom is -0.495 e. The lowest BCUT2D eigenvalue weighted by atomic mass is 9.95. The molecule has 0 N–H and O–H groups in total. The van der Waals surface area contributed by atoms with Gasteiger partial charge in [-0.1, -0.05) is 0 Å². The van der Waals surface area contributed by atoms with Gasteiger partial charge in [-0.05, 0) is 37.6 Å². The molecule has 3 heterocycles. The van der Waals surface area contributed by atoms with Gasteiger partial charge in [-0.3, -0.25) is 9.48 Å². The number of nitrogens with zero attached hydrogens (tertiary/aromatic N) is 4. The van der Waals surface area contributed by atoms with Gasteiger partial charge in [0, 0.05) is 24.7 Å². The van der Waals surface area contributed by atoms with Crippen molar-refractivity contribution in [2.24, 2.45) is 7.05 Å². The van der Waals surface area contributed by atoms with Crippen LogP contribution in [-0.2, 0) is 13.5 Å². The number of amides is 1. The number of benzene rings is 1. The number of carbonyl (C=O) groups excluding carboxylic acids is 1. The van der Waals surface area contributed by atoms with Crippen molar-refractivity contribution in [3.63, 3.8) is 0 Å². The van der Waals surface area contributed by atoms with Gasteiger partial charge in [0.25, 0.3) is 5.91 Å². The highest BCUT2D eigenvalue weighted by molar-refractivity contribution is 5.93. The van der Waals surface area contributed by atoms with E-state index in [1.54, 1.807) is 24.1 Å².